The second-order valence-electron chi connectivity index (χ2n) is 2.30. The van der Waals surface area contributed by atoms with E-state index >= 15 is 0 Å². The normalized spacial score (nSPS) is 12.7. The van der Waals surface area contributed by atoms with Crippen molar-refractivity contribution in [3.05, 3.63) is 0 Å². The van der Waals surface area contributed by atoms with E-state index in [4.69, 9.17) is 10.8 Å². The van der Waals surface area contributed by atoms with Gasteiger partial charge in [-0.25, -0.2) is 0 Å². The number of rotatable bonds is 4. The number of amides is 1. The van der Waals surface area contributed by atoms with Gasteiger partial charge in [-0.15, -0.1) is 0 Å². The third-order valence-corrected chi connectivity index (χ3v) is 1.59. The molecule has 4 nitrogen and oxygen atoms in total. The molecule has 0 bridgehead atoms. The second kappa shape index (κ2) is 5.09. The third-order valence-electron chi connectivity index (χ3n) is 1.59. The number of hydrogen-bond donors (Lipinski definition) is 2. The van der Waals surface area contributed by atoms with Crippen molar-refractivity contribution in [2.75, 3.05) is 19.7 Å². The van der Waals surface area contributed by atoms with E-state index in [0.717, 1.165) is 0 Å². The zero-order chi connectivity index (χ0) is 8.85. The number of carbonyl (C=O) groups is 1. The molecule has 0 spiro atoms. The Balaban J connectivity index is 3.97. The number of hydrogen-bond acceptors (Lipinski definition) is 3. The highest BCUT2D eigenvalue weighted by Crippen LogP contribution is 1.91. The van der Waals surface area contributed by atoms with E-state index in [0.29, 0.717) is 13.1 Å². The summed E-state index contributed by atoms with van der Waals surface area (Å²) in [5.74, 6) is -0.183. The lowest BCUT2D eigenvalue weighted by molar-refractivity contribution is -0.133. The highest BCUT2D eigenvalue weighted by Gasteiger charge is 2.16. The summed E-state index contributed by atoms with van der Waals surface area (Å²) in [5.41, 5.74) is 5.33. The summed E-state index contributed by atoms with van der Waals surface area (Å²) in [4.78, 5) is 12.8. The van der Waals surface area contributed by atoms with Crippen LogP contribution >= 0.6 is 0 Å². The van der Waals surface area contributed by atoms with E-state index in [1.165, 1.54) is 0 Å². The van der Waals surface area contributed by atoms with E-state index in [1.54, 1.807) is 4.90 Å². The minimum Gasteiger partial charge on any atom is -0.394 e. The first kappa shape index (κ1) is 10.4. The summed E-state index contributed by atoms with van der Waals surface area (Å²) in [7, 11) is 0. The molecule has 0 radical (unpaired) electrons. The first-order valence-electron chi connectivity index (χ1n) is 3.82. The van der Waals surface area contributed by atoms with Gasteiger partial charge in [-0.3, -0.25) is 4.79 Å². The van der Waals surface area contributed by atoms with Gasteiger partial charge in [0.15, 0.2) is 0 Å². The lowest BCUT2D eigenvalue weighted by Crippen LogP contribution is -2.45. The molecule has 0 aliphatic carbocycles. The number of nitrogens with two attached hydrogens (primary N) is 1. The van der Waals surface area contributed by atoms with Gasteiger partial charge in [0.1, 0.15) is 6.04 Å². The van der Waals surface area contributed by atoms with Crippen molar-refractivity contribution in [3.8, 4) is 0 Å². The molecule has 0 fully saturated rings. The van der Waals surface area contributed by atoms with Crippen LogP contribution in [0.1, 0.15) is 13.8 Å². The van der Waals surface area contributed by atoms with Gasteiger partial charge >= 0.3 is 0 Å². The summed E-state index contributed by atoms with van der Waals surface area (Å²) in [5, 5.41) is 8.57. The molecule has 0 saturated carbocycles. The van der Waals surface area contributed by atoms with E-state index in [9.17, 15) is 4.79 Å². The summed E-state index contributed by atoms with van der Waals surface area (Å²) in [6.07, 6.45) is 0. The Morgan fingerprint density at radius 2 is 2.00 bits per heavy atom. The Morgan fingerprint density at radius 3 is 2.27 bits per heavy atom. The van der Waals surface area contributed by atoms with E-state index in [-0.39, 0.29) is 12.5 Å². The van der Waals surface area contributed by atoms with Gasteiger partial charge < -0.3 is 15.7 Å². The zero-order valence-electron chi connectivity index (χ0n) is 7.08. The molecule has 3 N–H and O–H groups in total. The smallest absolute Gasteiger partial charge is 0.241 e. The summed E-state index contributed by atoms with van der Waals surface area (Å²) in [6, 6.07) is -0.755. The summed E-state index contributed by atoms with van der Waals surface area (Å²) in [6.45, 7) is 4.76. The van der Waals surface area contributed by atoms with Crippen LogP contribution in [0.3, 0.4) is 0 Å². The van der Waals surface area contributed by atoms with Gasteiger partial charge in [0.2, 0.25) is 5.91 Å². The first-order chi connectivity index (χ1) is 5.17. The van der Waals surface area contributed by atoms with Crippen molar-refractivity contribution < 1.29 is 9.90 Å². The van der Waals surface area contributed by atoms with Crippen LogP contribution in [-0.4, -0.2) is 41.7 Å². The highest BCUT2D eigenvalue weighted by molar-refractivity contribution is 5.81. The molecule has 11 heavy (non-hydrogen) atoms. The highest BCUT2D eigenvalue weighted by atomic mass is 16.3. The molecular formula is C7H16N2O2. The molecule has 66 valence electrons. The summed E-state index contributed by atoms with van der Waals surface area (Å²) >= 11 is 0. The monoisotopic (exact) mass is 160 g/mol. The molecule has 0 aromatic rings. The Hall–Kier alpha value is -0.610. The molecule has 0 aromatic carbocycles. The van der Waals surface area contributed by atoms with Gasteiger partial charge in [-0.2, -0.15) is 0 Å². The molecule has 4 heteroatoms. The second-order valence-corrected chi connectivity index (χ2v) is 2.30. The van der Waals surface area contributed by atoms with Crippen molar-refractivity contribution in [2.24, 2.45) is 5.73 Å². The molecule has 1 amide bonds. The molecule has 0 aliphatic heterocycles. The van der Waals surface area contributed by atoms with Crippen LogP contribution in [0.25, 0.3) is 0 Å². The van der Waals surface area contributed by atoms with Gasteiger partial charge in [0, 0.05) is 13.1 Å². The zero-order valence-corrected chi connectivity index (χ0v) is 7.08. The standard InChI is InChI=1S/C7H16N2O2/c1-3-9(4-2)7(11)6(8)5-10/h6,10H,3-5,8H2,1-2H3. The van der Waals surface area contributed by atoms with E-state index in [1.807, 2.05) is 13.8 Å². The van der Waals surface area contributed by atoms with Crippen molar-refractivity contribution in [3.63, 3.8) is 0 Å². The number of likely N-dealkylation sites (N-methyl/N-ethyl adjacent to an activating group) is 1. The van der Waals surface area contributed by atoms with E-state index in [2.05, 4.69) is 0 Å². The Morgan fingerprint density at radius 1 is 1.55 bits per heavy atom. The Kier molecular flexibility index (Phi) is 4.81. The summed E-state index contributed by atoms with van der Waals surface area (Å²) < 4.78 is 0. The van der Waals surface area contributed by atoms with Crippen LogP contribution in [0.2, 0.25) is 0 Å². The van der Waals surface area contributed by atoms with Gasteiger partial charge in [-0.05, 0) is 13.8 Å². The van der Waals surface area contributed by atoms with Crippen LogP contribution in [0, 0.1) is 0 Å². The molecular weight excluding hydrogens is 144 g/mol. The number of carbonyl (C=O) groups excluding carboxylic acids is 1. The Labute approximate surface area is 67.0 Å². The van der Waals surface area contributed by atoms with E-state index < -0.39 is 6.04 Å². The maximum Gasteiger partial charge on any atom is 0.241 e. The van der Waals surface area contributed by atoms with Crippen LogP contribution in [-0.2, 0) is 4.79 Å². The molecule has 1 unspecified atom stereocenters. The Bertz CT molecular complexity index is 124. The van der Waals surface area contributed by atoms with Crippen LogP contribution in [0.4, 0.5) is 0 Å². The first-order valence-corrected chi connectivity index (χ1v) is 3.82. The topological polar surface area (TPSA) is 66.6 Å². The largest absolute Gasteiger partial charge is 0.394 e. The molecule has 0 saturated heterocycles. The molecule has 0 rings (SSSR count). The fourth-order valence-electron chi connectivity index (χ4n) is 0.848. The number of nitrogens with zero attached hydrogens (tertiary/aromatic N) is 1. The fraction of sp³-hybridized carbons (Fsp3) is 0.857. The minimum absolute atomic E-state index is 0.183. The fourth-order valence-corrected chi connectivity index (χ4v) is 0.848. The predicted octanol–water partition coefficient (Wildman–Crippen LogP) is -0.826. The average molecular weight is 160 g/mol. The molecule has 1 atom stereocenters. The lowest BCUT2D eigenvalue weighted by atomic mass is 10.3. The van der Waals surface area contributed by atoms with Crippen molar-refractivity contribution in [1.29, 1.82) is 0 Å². The third kappa shape index (κ3) is 2.86. The van der Waals surface area contributed by atoms with Crippen LogP contribution in [0.15, 0.2) is 0 Å². The average Bonchev–Trinajstić information content (AvgIpc) is 2.05. The lowest BCUT2D eigenvalue weighted by Gasteiger charge is -2.21. The maximum absolute atomic E-state index is 11.2. The number of aliphatic hydroxyl groups excluding tert-OH is 1. The SMILES string of the molecule is CCN(CC)C(=O)C(N)CO. The van der Waals surface area contributed by atoms with Crippen LogP contribution in [0.5, 0.6) is 0 Å². The van der Waals surface area contributed by atoms with Crippen LogP contribution < -0.4 is 5.73 Å². The minimum atomic E-state index is -0.755. The molecule has 0 aliphatic rings. The van der Waals surface area contributed by atoms with Crippen molar-refractivity contribution in [1.82, 2.24) is 4.90 Å². The van der Waals surface area contributed by atoms with Gasteiger partial charge in [0.25, 0.3) is 0 Å². The van der Waals surface area contributed by atoms with Crippen molar-refractivity contribution >= 4 is 5.91 Å². The van der Waals surface area contributed by atoms with Gasteiger partial charge in [0.05, 0.1) is 6.61 Å². The predicted molar refractivity (Wildman–Crippen MR) is 43.0 cm³/mol. The maximum atomic E-state index is 11.2. The van der Waals surface area contributed by atoms with Gasteiger partial charge in [-0.1, -0.05) is 0 Å². The van der Waals surface area contributed by atoms with Crippen molar-refractivity contribution in [2.45, 2.75) is 19.9 Å². The number of aliphatic hydroxyl groups is 1. The quantitative estimate of drug-likeness (QED) is 0.564. The molecule has 0 heterocycles. The molecule has 0 aromatic heterocycles.